The zero-order valence-electron chi connectivity index (χ0n) is 11.1. The summed E-state index contributed by atoms with van der Waals surface area (Å²) in [5.41, 5.74) is 1.92. The van der Waals surface area contributed by atoms with Crippen molar-refractivity contribution in [1.29, 1.82) is 0 Å². The van der Waals surface area contributed by atoms with Gasteiger partial charge in [-0.2, -0.15) is 4.39 Å². The van der Waals surface area contributed by atoms with Crippen LogP contribution in [0.1, 0.15) is 10.4 Å². The molecule has 0 fully saturated rings. The minimum atomic E-state index is -0.629. The minimum absolute atomic E-state index is 0.268. The lowest BCUT2D eigenvalue weighted by atomic mass is 10.2. The number of benzene rings is 1. The van der Waals surface area contributed by atoms with E-state index in [4.69, 9.17) is 11.6 Å². The highest BCUT2D eigenvalue weighted by molar-refractivity contribution is 7.14. The van der Waals surface area contributed by atoms with Gasteiger partial charge in [-0.1, -0.05) is 23.7 Å². The van der Waals surface area contributed by atoms with Crippen molar-refractivity contribution < 1.29 is 9.18 Å². The first-order valence-corrected chi connectivity index (χ1v) is 7.52. The SMILES string of the molecule is O=C(Nc1nc(-c2ccc(Cl)cc2)cs1)c1ccc(F)nc1. The van der Waals surface area contributed by atoms with Gasteiger partial charge in [0.25, 0.3) is 5.91 Å². The van der Waals surface area contributed by atoms with Crippen molar-refractivity contribution in [1.82, 2.24) is 9.97 Å². The number of amides is 1. The Balaban J connectivity index is 1.75. The van der Waals surface area contributed by atoms with E-state index < -0.39 is 5.95 Å². The summed E-state index contributed by atoms with van der Waals surface area (Å²) in [6.07, 6.45) is 1.18. The first-order chi connectivity index (χ1) is 10.6. The molecule has 0 saturated carbocycles. The van der Waals surface area contributed by atoms with Crippen molar-refractivity contribution in [3.63, 3.8) is 0 Å². The van der Waals surface area contributed by atoms with E-state index in [1.807, 2.05) is 17.5 Å². The second-order valence-corrected chi connectivity index (χ2v) is 5.66. The minimum Gasteiger partial charge on any atom is -0.298 e. The number of aromatic nitrogens is 2. The lowest BCUT2D eigenvalue weighted by Gasteiger charge is -2.01. The van der Waals surface area contributed by atoms with Gasteiger partial charge in [0.05, 0.1) is 11.3 Å². The van der Waals surface area contributed by atoms with E-state index in [0.717, 1.165) is 17.3 Å². The number of thiazole rings is 1. The van der Waals surface area contributed by atoms with Gasteiger partial charge in [-0.05, 0) is 24.3 Å². The van der Waals surface area contributed by atoms with Gasteiger partial charge in [-0.3, -0.25) is 10.1 Å². The molecule has 2 aromatic heterocycles. The fraction of sp³-hybridized carbons (Fsp3) is 0. The van der Waals surface area contributed by atoms with Gasteiger partial charge in [0, 0.05) is 22.2 Å². The van der Waals surface area contributed by atoms with Crippen LogP contribution in [0.2, 0.25) is 5.02 Å². The molecule has 0 saturated heterocycles. The van der Waals surface area contributed by atoms with Crippen LogP contribution in [-0.4, -0.2) is 15.9 Å². The van der Waals surface area contributed by atoms with Crippen molar-refractivity contribution in [3.8, 4) is 11.3 Å². The molecular formula is C15H9ClFN3OS. The summed E-state index contributed by atoms with van der Waals surface area (Å²) in [4.78, 5) is 19.8. The van der Waals surface area contributed by atoms with Crippen LogP contribution in [0.25, 0.3) is 11.3 Å². The van der Waals surface area contributed by atoms with Crippen molar-refractivity contribution >= 4 is 34.0 Å². The van der Waals surface area contributed by atoms with Crippen LogP contribution in [-0.2, 0) is 0 Å². The number of nitrogens with one attached hydrogen (secondary N) is 1. The highest BCUT2D eigenvalue weighted by Gasteiger charge is 2.10. The molecule has 3 aromatic rings. The third-order valence-electron chi connectivity index (χ3n) is 2.85. The van der Waals surface area contributed by atoms with E-state index in [1.165, 1.54) is 23.6 Å². The highest BCUT2D eigenvalue weighted by Crippen LogP contribution is 2.26. The molecule has 1 N–H and O–H groups in total. The smallest absolute Gasteiger partial charge is 0.259 e. The van der Waals surface area contributed by atoms with E-state index in [-0.39, 0.29) is 11.5 Å². The van der Waals surface area contributed by atoms with Gasteiger partial charge in [0.1, 0.15) is 0 Å². The van der Waals surface area contributed by atoms with Gasteiger partial charge in [-0.25, -0.2) is 9.97 Å². The predicted molar refractivity (Wildman–Crippen MR) is 84.7 cm³/mol. The molecule has 1 amide bonds. The number of carbonyl (C=O) groups excluding carboxylic acids is 1. The average Bonchev–Trinajstić information content (AvgIpc) is 2.97. The summed E-state index contributed by atoms with van der Waals surface area (Å²) in [6, 6.07) is 9.76. The van der Waals surface area contributed by atoms with E-state index >= 15 is 0 Å². The average molecular weight is 334 g/mol. The zero-order valence-corrected chi connectivity index (χ0v) is 12.7. The molecule has 0 spiro atoms. The number of nitrogens with zero attached hydrogens (tertiary/aromatic N) is 2. The summed E-state index contributed by atoms with van der Waals surface area (Å²) in [7, 11) is 0. The number of pyridine rings is 1. The number of hydrogen-bond donors (Lipinski definition) is 1. The molecule has 0 radical (unpaired) electrons. The Labute approximate surface area is 134 Å². The molecule has 7 heteroatoms. The third kappa shape index (κ3) is 3.29. The van der Waals surface area contributed by atoms with Gasteiger partial charge < -0.3 is 0 Å². The van der Waals surface area contributed by atoms with E-state index in [1.54, 1.807) is 12.1 Å². The molecule has 0 unspecified atom stereocenters. The Bertz CT molecular complexity index is 802. The van der Waals surface area contributed by atoms with Crippen molar-refractivity contribution in [3.05, 3.63) is 64.5 Å². The van der Waals surface area contributed by atoms with Crippen LogP contribution < -0.4 is 5.32 Å². The molecule has 0 atom stereocenters. The molecule has 0 bridgehead atoms. The molecule has 4 nitrogen and oxygen atoms in total. The lowest BCUT2D eigenvalue weighted by Crippen LogP contribution is -2.12. The molecule has 0 aliphatic rings. The summed E-state index contributed by atoms with van der Waals surface area (Å²) < 4.78 is 12.7. The number of carbonyl (C=O) groups is 1. The fourth-order valence-electron chi connectivity index (χ4n) is 1.76. The third-order valence-corrected chi connectivity index (χ3v) is 3.86. The molecule has 22 heavy (non-hydrogen) atoms. The van der Waals surface area contributed by atoms with Gasteiger partial charge >= 0.3 is 0 Å². The first kappa shape index (κ1) is 14.6. The maximum absolute atomic E-state index is 12.7. The van der Waals surface area contributed by atoms with Crippen LogP contribution >= 0.6 is 22.9 Å². The Morgan fingerprint density at radius 1 is 1.18 bits per heavy atom. The quantitative estimate of drug-likeness (QED) is 0.729. The number of hydrogen-bond acceptors (Lipinski definition) is 4. The maximum atomic E-state index is 12.7. The standard InChI is InChI=1S/C15H9ClFN3OS/c16-11-4-1-9(2-5-11)12-8-22-15(19-12)20-14(21)10-3-6-13(17)18-7-10/h1-8H,(H,19,20,21). The fourth-order valence-corrected chi connectivity index (χ4v) is 2.60. The van der Waals surface area contributed by atoms with E-state index in [9.17, 15) is 9.18 Å². The second-order valence-electron chi connectivity index (χ2n) is 4.37. The molecule has 110 valence electrons. The van der Waals surface area contributed by atoms with E-state index in [2.05, 4.69) is 15.3 Å². The van der Waals surface area contributed by atoms with Gasteiger partial charge in [0.15, 0.2) is 5.13 Å². The number of rotatable bonds is 3. The first-order valence-electron chi connectivity index (χ1n) is 6.26. The molecule has 0 aliphatic carbocycles. The topological polar surface area (TPSA) is 54.9 Å². The second kappa shape index (κ2) is 6.21. The van der Waals surface area contributed by atoms with Crippen LogP contribution in [0.5, 0.6) is 0 Å². The van der Waals surface area contributed by atoms with Gasteiger partial charge in [0.2, 0.25) is 5.95 Å². The number of anilines is 1. The monoisotopic (exact) mass is 333 g/mol. The largest absolute Gasteiger partial charge is 0.298 e. The summed E-state index contributed by atoms with van der Waals surface area (Å²) in [5.74, 6) is -1.01. The Morgan fingerprint density at radius 3 is 2.64 bits per heavy atom. The predicted octanol–water partition coefficient (Wildman–Crippen LogP) is 4.25. The number of halogens is 2. The summed E-state index contributed by atoms with van der Waals surface area (Å²) in [5, 5.41) is 5.60. The molecule has 1 aromatic carbocycles. The Hall–Kier alpha value is -2.31. The molecule has 0 aliphatic heterocycles. The normalized spacial score (nSPS) is 10.5. The van der Waals surface area contributed by atoms with Crippen molar-refractivity contribution in [2.24, 2.45) is 0 Å². The Morgan fingerprint density at radius 2 is 1.95 bits per heavy atom. The molecule has 3 rings (SSSR count). The van der Waals surface area contributed by atoms with Crippen LogP contribution in [0.15, 0.2) is 48.0 Å². The van der Waals surface area contributed by atoms with Gasteiger partial charge in [-0.15, -0.1) is 11.3 Å². The zero-order chi connectivity index (χ0) is 15.5. The Kier molecular flexibility index (Phi) is 4.13. The van der Waals surface area contributed by atoms with Crippen LogP contribution in [0.4, 0.5) is 9.52 Å². The highest BCUT2D eigenvalue weighted by atomic mass is 35.5. The summed E-state index contributed by atoms with van der Waals surface area (Å²) >= 11 is 7.15. The lowest BCUT2D eigenvalue weighted by molar-refractivity contribution is 0.102. The maximum Gasteiger partial charge on any atom is 0.259 e. The van der Waals surface area contributed by atoms with Crippen molar-refractivity contribution in [2.75, 3.05) is 5.32 Å². The van der Waals surface area contributed by atoms with E-state index in [0.29, 0.717) is 10.2 Å². The van der Waals surface area contributed by atoms with Crippen molar-refractivity contribution in [2.45, 2.75) is 0 Å². The van der Waals surface area contributed by atoms with Crippen LogP contribution in [0, 0.1) is 5.95 Å². The summed E-state index contributed by atoms with van der Waals surface area (Å²) in [6.45, 7) is 0. The molecular weight excluding hydrogens is 325 g/mol. The van der Waals surface area contributed by atoms with Crippen LogP contribution in [0.3, 0.4) is 0 Å². The molecule has 2 heterocycles.